The van der Waals surface area contributed by atoms with Crippen molar-refractivity contribution in [3.8, 4) is 5.75 Å². The maximum atomic E-state index is 12.5. The van der Waals surface area contributed by atoms with Crippen LogP contribution in [0.3, 0.4) is 0 Å². The lowest BCUT2D eigenvalue weighted by Gasteiger charge is -2.35. The summed E-state index contributed by atoms with van der Waals surface area (Å²) < 4.78 is 0. The van der Waals surface area contributed by atoms with Gasteiger partial charge in [-0.1, -0.05) is 18.2 Å². The minimum atomic E-state index is -0.109. The van der Waals surface area contributed by atoms with Gasteiger partial charge in [0.2, 0.25) is 0 Å². The van der Waals surface area contributed by atoms with Crippen LogP contribution in [0.15, 0.2) is 42.6 Å². The molecule has 5 heteroatoms. The van der Waals surface area contributed by atoms with Crippen LogP contribution in [0, 0.1) is 6.92 Å². The number of benzene rings is 1. The van der Waals surface area contributed by atoms with E-state index in [0.29, 0.717) is 18.7 Å². The van der Waals surface area contributed by atoms with Gasteiger partial charge in [0.1, 0.15) is 11.6 Å². The molecule has 3 rings (SSSR count). The number of aromatic hydroxyl groups is 1. The highest BCUT2D eigenvalue weighted by Crippen LogP contribution is 2.23. The summed E-state index contributed by atoms with van der Waals surface area (Å²) >= 11 is 0. The van der Waals surface area contributed by atoms with Crippen molar-refractivity contribution in [2.24, 2.45) is 0 Å². The van der Waals surface area contributed by atoms with Crippen molar-refractivity contribution >= 4 is 11.7 Å². The first-order valence-electron chi connectivity index (χ1n) is 7.40. The normalized spacial score (nSPS) is 15.0. The Morgan fingerprint density at radius 1 is 1.09 bits per heavy atom. The van der Waals surface area contributed by atoms with Crippen molar-refractivity contribution in [3.05, 3.63) is 53.7 Å². The second-order valence-electron chi connectivity index (χ2n) is 5.44. The number of nitrogens with zero attached hydrogens (tertiary/aromatic N) is 3. The SMILES string of the molecule is Cc1cccc(C(=O)N2CCN(c3ccccn3)CC2)c1O. The second-order valence-corrected chi connectivity index (χ2v) is 5.44. The Balaban J connectivity index is 1.69. The van der Waals surface area contributed by atoms with E-state index in [1.165, 1.54) is 0 Å². The molecule has 1 aliphatic rings. The molecule has 1 N–H and O–H groups in total. The quantitative estimate of drug-likeness (QED) is 0.922. The van der Waals surface area contributed by atoms with Gasteiger partial charge >= 0.3 is 0 Å². The Hall–Kier alpha value is -2.56. The van der Waals surface area contributed by atoms with Gasteiger partial charge in [-0.15, -0.1) is 0 Å². The van der Waals surface area contributed by atoms with Crippen LogP contribution in [0.4, 0.5) is 5.82 Å². The van der Waals surface area contributed by atoms with E-state index in [1.54, 1.807) is 36.2 Å². The van der Waals surface area contributed by atoms with E-state index in [-0.39, 0.29) is 11.7 Å². The topological polar surface area (TPSA) is 56.7 Å². The number of amides is 1. The van der Waals surface area contributed by atoms with E-state index in [2.05, 4.69) is 9.88 Å². The Bertz CT molecular complexity index is 665. The maximum Gasteiger partial charge on any atom is 0.257 e. The molecule has 22 heavy (non-hydrogen) atoms. The van der Waals surface area contributed by atoms with Gasteiger partial charge in [-0.05, 0) is 30.7 Å². The van der Waals surface area contributed by atoms with Crippen molar-refractivity contribution in [1.82, 2.24) is 9.88 Å². The van der Waals surface area contributed by atoms with Crippen molar-refractivity contribution < 1.29 is 9.90 Å². The van der Waals surface area contributed by atoms with Crippen molar-refractivity contribution in [2.75, 3.05) is 31.1 Å². The molecular formula is C17H19N3O2. The van der Waals surface area contributed by atoms with Crippen LogP contribution >= 0.6 is 0 Å². The first-order chi connectivity index (χ1) is 10.7. The number of phenols is 1. The molecule has 1 saturated heterocycles. The Morgan fingerprint density at radius 3 is 2.55 bits per heavy atom. The molecule has 2 aromatic rings. The summed E-state index contributed by atoms with van der Waals surface area (Å²) in [6.07, 6.45) is 1.78. The molecule has 0 unspecified atom stereocenters. The lowest BCUT2D eigenvalue weighted by molar-refractivity contribution is 0.0743. The highest BCUT2D eigenvalue weighted by Gasteiger charge is 2.24. The number of aromatic nitrogens is 1. The minimum absolute atomic E-state index is 0.0830. The first kappa shape index (κ1) is 14.4. The van der Waals surface area contributed by atoms with E-state index < -0.39 is 0 Å². The number of pyridine rings is 1. The molecule has 0 atom stereocenters. The number of aryl methyl sites for hydroxylation is 1. The van der Waals surface area contributed by atoms with E-state index in [9.17, 15) is 9.90 Å². The fourth-order valence-electron chi connectivity index (χ4n) is 2.68. The van der Waals surface area contributed by atoms with E-state index >= 15 is 0 Å². The Kier molecular flexibility index (Phi) is 3.96. The third kappa shape index (κ3) is 2.74. The molecule has 0 aliphatic carbocycles. The van der Waals surface area contributed by atoms with Crippen LogP contribution < -0.4 is 4.90 Å². The molecule has 1 amide bonds. The summed E-state index contributed by atoms with van der Waals surface area (Å²) in [6.45, 7) is 4.54. The number of phenolic OH excluding ortho intramolecular Hbond substituents is 1. The molecule has 0 spiro atoms. The third-order valence-corrected chi connectivity index (χ3v) is 4.01. The number of hydrogen-bond donors (Lipinski definition) is 1. The predicted molar refractivity (Wildman–Crippen MR) is 85.2 cm³/mol. The smallest absolute Gasteiger partial charge is 0.257 e. The third-order valence-electron chi connectivity index (χ3n) is 4.01. The van der Waals surface area contributed by atoms with E-state index in [4.69, 9.17) is 0 Å². The van der Waals surface area contributed by atoms with Gasteiger partial charge in [-0.3, -0.25) is 4.79 Å². The summed E-state index contributed by atoms with van der Waals surface area (Å²) in [6, 6.07) is 11.1. The number of carbonyl (C=O) groups is 1. The van der Waals surface area contributed by atoms with E-state index in [0.717, 1.165) is 24.5 Å². The van der Waals surface area contributed by atoms with Crippen LogP contribution in [0.2, 0.25) is 0 Å². The summed E-state index contributed by atoms with van der Waals surface area (Å²) in [4.78, 5) is 20.8. The van der Waals surface area contributed by atoms with Gasteiger partial charge in [-0.2, -0.15) is 0 Å². The lowest BCUT2D eigenvalue weighted by Crippen LogP contribution is -2.49. The van der Waals surface area contributed by atoms with Crippen LogP contribution in [0.1, 0.15) is 15.9 Å². The van der Waals surface area contributed by atoms with Gasteiger partial charge < -0.3 is 14.9 Å². The van der Waals surface area contributed by atoms with Crippen LogP contribution in [0.25, 0.3) is 0 Å². The Labute approximate surface area is 129 Å². The molecule has 5 nitrogen and oxygen atoms in total. The predicted octanol–water partition coefficient (Wildman–Crippen LogP) is 2.06. The molecule has 0 saturated carbocycles. The van der Waals surface area contributed by atoms with Crippen molar-refractivity contribution in [2.45, 2.75) is 6.92 Å². The summed E-state index contributed by atoms with van der Waals surface area (Å²) in [5, 5.41) is 10.1. The zero-order valence-corrected chi connectivity index (χ0v) is 12.6. The number of para-hydroxylation sites is 1. The average Bonchev–Trinajstić information content (AvgIpc) is 2.58. The number of rotatable bonds is 2. The van der Waals surface area contributed by atoms with Gasteiger partial charge in [0.25, 0.3) is 5.91 Å². The number of anilines is 1. The van der Waals surface area contributed by atoms with Gasteiger partial charge in [0.15, 0.2) is 0 Å². The zero-order valence-electron chi connectivity index (χ0n) is 12.6. The molecule has 1 aromatic heterocycles. The van der Waals surface area contributed by atoms with Crippen molar-refractivity contribution in [3.63, 3.8) is 0 Å². The van der Waals surface area contributed by atoms with Crippen molar-refractivity contribution in [1.29, 1.82) is 0 Å². The van der Waals surface area contributed by atoms with Gasteiger partial charge in [-0.25, -0.2) is 4.98 Å². The highest BCUT2D eigenvalue weighted by atomic mass is 16.3. The highest BCUT2D eigenvalue weighted by molar-refractivity contribution is 5.97. The summed E-state index contributed by atoms with van der Waals surface area (Å²) in [5.74, 6) is 0.912. The lowest BCUT2D eigenvalue weighted by atomic mass is 10.1. The molecule has 1 aromatic carbocycles. The molecular weight excluding hydrogens is 278 g/mol. The molecule has 2 heterocycles. The zero-order chi connectivity index (χ0) is 15.5. The number of hydrogen-bond acceptors (Lipinski definition) is 4. The van der Waals surface area contributed by atoms with Crippen LogP contribution in [0.5, 0.6) is 5.75 Å². The second kappa shape index (κ2) is 6.05. The summed E-state index contributed by atoms with van der Waals surface area (Å²) in [7, 11) is 0. The van der Waals surface area contributed by atoms with Gasteiger partial charge in [0.05, 0.1) is 5.56 Å². The Morgan fingerprint density at radius 2 is 1.86 bits per heavy atom. The first-order valence-corrected chi connectivity index (χ1v) is 7.40. The van der Waals surface area contributed by atoms with Crippen LogP contribution in [-0.4, -0.2) is 47.1 Å². The molecule has 0 bridgehead atoms. The maximum absolute atomic E-state index is 12.5. The summed E-state index contributed by atoms with van der Waals surface area (Å²) in [5.41, 5.74) is 1.10. The molecule has 0 radical (unpaired) electrons. The van der Waals surface area contributed by atoms with E-state index in [1.807, 2.05) is 18.2 Å². The fraction of sp³-hybridized carbons (Fsp3) is 0.294. The fourth-order valence-corrected chi connectivity index (χ4v) is 2.68. The monoisotopic (exact) mass is 297 g/mol. The number of carbonyl (C=O) groups excluding carboxylic acids is 1. The van der Waals surface area contributed by atoms with Crippen LogP contribution in [-0.2, 0) is 0 Å². The van der Waals surface area contributed by atoms with Gasteiger partial charge in [0, 0.05) is 32.4 Å². The molecule has 1 aliphatic heterocycles. The minimum Gasteiger partial charge on any atom is -0.507 e. The number of piperazine rings is 1. The molecule has 114 valence electrons. The standard InChI is InChI=1S/C17H19N3O2/c1-13-5-4-6-14(16(13)21)17(22)20-11-9-19(10-12-20)15-7-2-3-8-18-15/h2-8,21H,9-12H2,1H3. The molecule has 1 fully saturated rings. The average molecular weight is 297 g/mol. The largest absolute Gasteiger partial charge is 0.507 e.